The third-order valence-electron chi connectivity index (χ3n) is 2.35. The molecular formula is C13H11ClO3. The van der Waals surface area contributed by atoms with E-state index in [1.807, 2.05) is 0 Å². The van der Waals surface area contributed by atoms with Gasteiger partial charge in [-0.05, 0) is 19.9 Å². The zero-order valence-electron chi connectivity index (χ0n) is 9.49. The molecule has 1 aromatic carbocycles. The first kappa shape index (κ1) is 11.9. The van der Waals surface area contributed by atoms with Gasteiger partial charge in [0.2, 0.25) is 5.78 Å². The Bertz CT molecular complexity index is 529. The fraction of sp³-hybridized carbons (Fsp3) is 0.231. The van der Waals surface area contributed by atoms with E-state index in [1.165, 1.54) is 6.08 Å². The lowest BCUT2D eigenvalue weighted by atomic mass is 9.93. The SMILES string of the molecule is CC(C)OC1=CC(=O)c2c(Cl)cccc2C1=O. The number of hydrogen-bond donors (Lipinski definition) is 0. The van der Waals surface area contributed by atoms with Crippen LogP contribution in [-0.4, -0.2) is 17.7 Å². The maximum Gasteiger partial charge on any atom is 0.228 e. The highest BCUT2D eigenvalue weighted by atomic mass is 35.5. The molecule has 0 amide bonds. The molecule has 0 saturated carbocycles. The van der Waals surface area contributed by atoms with Crippen LogP contribution in [0.5, 0.6) is 0 Å². The lowest BCUT2D eigenvalue weighted by Gasteiger charge is -2.18. The summed E-state index contributed by atoms with van der Waals surface area (Å²) in [6, 6.07) is 4.82. The van der Waals surface area contributed by atoms with Gasteiger partial charge >= 0.3 is 0 Å². The summed E-state index contributed by atoms with van der Waals surface area (Å²) < 4.78 is 5.32. The van der Waals surface area contributed by atoms with Crippen molar-refractivity contribution in [2.75, 3.05) is 0 Å². The van der Waals surface area contributed by atoms with Crippen molar-refractivity contribution in [2.45, 2.75) is 20.0 Å². The number of Topliss-reactive ketones (excluding diaryl/α,β-unsaturated/α-hetero) is 1. The second-order valence-corrected chi connectivity index (χ2v) is 4.44. The van der Waals surface area contributed by atoms with Crippen LogP contribution in [0.15, 0.2) is 30.0 Å². The topological polar surface area (TPSA) is 43.4 Å². The number of carbonyl (C=O) groups excluding carboxylic acids is 2. The molecule has 0 aromatic heterocycles. The van der Waals surface area contributed by atoms with E-state index in [4.69, 9.17) is 16.3 Å². The Morgan fingerprint density at radius 1 is 1.24 bits per heavy atom. The number of carbonyl (C=O) groups is 2. The summed E-state index contributed by atoms with van der Waals surface area (Å²) in [7, 11) is 0. The molecule has 3 nitrogen and oxygen atoms in total. The minimum Gasteiger partial charge on any atom is -0.487 e. The van der Waals surface area contributed by atoms with E-state index in [0.29, 0.717) is 10.6 Å². The van der Waals surface area contributed by atoms with Crippen LogP contribution in [0.25, 0.3) is 0 Å². The summed E-state index contributed by atoms with van der Waals surface area (Å²) in [4.78, 5) is 23.9. The van der Waals surface area contributed by atoms with E-state index >= 15 is 0 Å². The van der Waals surface area contributed by atoms with Crippen molar-refractivity contribution in [3.05, 3.63) is 46.2 Å². The fourth-order valence-corrected chi connectivity index (χ4v) is 1.96. The third kappa shape index (κ3) is 2.11. The number of ether oxygens (including phenoxy) is 1. The van der Waals surface area contributed by atoms with E-state index in [-0.39, 0.29) is 29.0 Å². The normalized spacial score (nSPS) is 14.7. The summed E-state index contributed by atoms with van der Waals surface area (Å²) >= 11 is 5.91. The van der Waals surface area contributed by atoms with Crippen molar-refractivity contribution in [1.82, 2.24) is 0 Å². The first-order valence-electron chi connectivity index (χ1n) is 5.26. The minimum atomic E-state index is -0.296. The van der Waals surface area contributed by atoms with Crippen LogP contribution in [0.3, 0.4) is 0 Å². The Balaban J connectivity index is 2.50. The first-order chi connectivity index (χ1) is 8.00. The number of ketones is 2. The number of fused-ring (bicyclic) bond motifs is 1. The second kappa shape index (κ2) is 4.34. The number of hydrogen-bond acceptors (Lipinski definition) is 3. The summed E-state index contributed by atoms with van der Waals surface area (Å²) in [5.74, 6) is -0.503. The molecule has 4 heteroatoms. The van der Waals surface area contributed by atoms with Gasteiger partial charge < -0.3 is 4.74 Å². The van der Waals surface area contributed by atoms with Crippen LogP contribution in [0.2, 0.25) is 5.02 Å². The summed E-state index contributed by atoms with van der Waals surface area (Å²) in [5.41, 5.74) is 0.566. The number of allylic oxidation sites excluding steroid dienone is 2. The van der Waals surface area contributed by atoms with Gasteiger partial charge in [-0.1, -0.05) is 23.7 Å². The largest absolute Gasteiger partial charge is 0.487 e. The van der Waals surface area contributed by atoms with Crippen molar-refractivity contribution in [1.29, 1.82) is 0 Å². The molecule has 0 saturated heterocycles. The van der Waals surface area contributed by atoms with Crippen LogP contribution < -0.4 is 0 Å². The Hall–Kier alpha value is -1.61. The molecule has 0 radical (unpaired) electrons. The second-order valence-electron chi connectivity index (χ2n) is 4.03. The Morgan fingerprint density at radius 3 is 2.59 bits per heavy atom. The predicted octanol–water partition coefficient (Wildman–Crippen LogP) is 3.03. The van der Waals surface area contributed by atoms with Gasteiger partial charge in [0.05, 0.1) is 16.7 Å². The van der Waals surface area contributed by atoms with Crippen LogP contribution in [0.4, 0.5) is 0 Å². The lowest BCUT2D eigenvalue weighted by molar-refractivity contribution is 0.0811. The van der Waals surface area contributed by atoms with Crippen molar-refractivity contribution in [2.24, 2.45) is 0 Å². The number of rotatable bonds is 2. The first-order valence-corrected chi connectivity index (χ1v) is 5.64. The number of benzene rings is 1. The quantitative estimate of drug-likeness (QED) is 0.810. The van der Waals surface area contributed by atoms with Crippen molar-refractivity contribution in [3.63, 3.8) is 0 Å². The summed E-state index contributed by atoms with van der Waals surface area (Å²) in [6.45, 7) is 3.60. The Morgan fingerprint density at radius 2 is 1.94 bits per heavy atom. The molecule has 1 aliphatic rings. The molecule has 0 heterocycles. The molecule has 17 heavy (non-hydrogen) atoms. The standard InChI is InChI=1S/C13H11ClO3/c1-7(2)17-11-6-10(15)12-8(13(11)16)4-3-5-9(12)14/h3-7H,1-2H3. The third-order valence-corrected chi connectivity index (χ3v) is 2.67. The van der Waals surface area contributed by atoms with E-state index in [0.717, 1.165) is 0 Å². The number of halogens is 1. The molecule has 0 N–H and O–H groups in total. The highest BCUT2D eigenvalue weighted by Crippen LogP contribution is 2.28. The molecule has 0 bridgehead atoms. The minimum absolute atomic E-state index is 0.0831. The molecule has 1 aromatic rings. The summed E-state index contributed by atoms with van der Waals surface area (Å²) in [5, 5.41) is 0.292. The molecule has 0 fully saturated rings. The average molecular weight is 251 g/mol. The van der Waals surface area contributed by atoms with E-state index < -0.39 is 0 Å². The zero-order chi connectivity index (χ0) is 12.6. The summed E-state index contributed by atoms with van der Waals surface area (Å²) in [6.07, 6.45) is 1.05. The monoisotopic (exact) mass is 250 g/mol. The molecular weight excluding hydrogens is 240 g/mol. The molecule has 0 atom stereocenters. The van der Waals surface area contributed by atoms with Crippen LogP contribution in [-0.2, 0) is 4.74 Å². The highest BCUT2D eigenvalue weighted by Gasteiger charge is 2.28. The lowest BCUT2D eigenvalue weighted by Crippen LogP contribution is -2.20. The maximum atomic E-state index is 12.0. The van der Waals surface area contributed by atoms with Crippen LogP contribution in [0, 0.1) is 0 Å². The molecule has 0 unspecified atom stereocenters. The average Bonchev–Trinajstić information content (AvgIpc) is 2.24. The van der Waals surface area contributed by atoms with Gasteiger partial charge in [0.15, 0.2) is 11.5 Å². The van der Waals surface area contributed by atoms with Gasteiger partial charge in [-0.25, -0.2) is 0 Å². The Kier molecular flexibility index (Phi) is 3.03. The predicted molar refractivity (Wildman–Crippen MR) is 64.4 cm³/mol. The van der Waals surface area contributed by atoms with Crippen molar-refractivity contribution >= 4 is 23.2 Å². The molecule has 0 aliphatic heterocycles. The smallest absolute Gasteiger partial charge is 0.228 e. The van der Waals surface area contributed by atoms with Gasteiger partial charge in [0.25, 0.3) is 0 Å². The van der Waals surface area contributed by atoms with Gasteiger partial charge in [0, 0.05) is 11.6 Å². The van der Waals surface area contributed by atoms with Crippen LogP contribution in [0.1, 0.15) is 34.6 Å². The van der Waals surface area contributed by atoms with Gasteiger partial charge in [-0.15, -0.1) is 0 Å². The van der Waals surface area contributed by atoms with E-state index in [1.54, 1.807) is 32.0 Å². The Labute approximate surface area is 104 Å². The zero-order valence-corrected chi connectivity index (χ0v) is 10.2. The molecule has 2 rings (SSSR count). The van der Waals surface area contributed by atoms with Crippen molar-refractivity contribution in [3.8, 4) is 0 Å². The molecule has 0 spiro atoms. The fourth-order valence-electron chi connectivity index (χ4n) is 1.69. The van der Waals surface area contributed by atoms with Gasteiger partial charge in [0.1, 0.15) is 0 Å². The maximum absolute atomic E-state index is 12.0. The van der Waals surface area contributed by atoms with Crippen LogP contribution >= 0.6 is 11.6 Å². The van der Waals surface area contributed by atoms with Gasteiger partial charge in [-0.3, -0.25) is 9.59 Å². The molecule has 88 valence electrons. The van der Waals surface area contributed by atoms with Gasteiger partial charge in [-0.2, -0.15) is 0 Å². The van der Waals surface area contributed by atoms with E-state index in [2.05, 4.69) is 0 Å². The van der Waals surface area contributed by atoms with E-state index in [9.17, 15) is 9.59 Å². The highest BCUT2D eigenvalue weighted by molar-refractivity contribution is 6.37. The molecule has 1 aliphatic carbocycles. The van der Waals surface area contributed by atoms with Crippen molar-refractivity contribution < 1.29 is 14.3 Å².